The number of rotatable bonds is 5. The summed E-state index contributed by atoms with van der Waals surface area (Å²) in [5.74, 6) is -0.109. The highest BCUT2D eigenvalue weighted by atomic mass is 16.1. The molecule has 0 aliphatic carbocycles. The lowest BCUT2D eigenvalue weighted by Crippen LogP contribution is -2.44. The molecule has 20 heavy (non-hydrogen) atoms. The number of benzene rings is 1. The Morgan fingerprint density at radius 2 is 2.20 bits per heavy atom. The van der Waals surface area contributed by atoms with E-state index in [0.29, 0.717) is 17.7 Å². The van der Waals surface area contributed by atoms with Gasteiger partial charge in [-0.1, -0.05) is 6.07 Å². The molecule has 1 fully saturated rings. The zero-order valence-corrected chi connectivity index (χ0v) is 11.6. The Hall–Kier alpha value is -1.90. The molecule has 1 aromatic carbocycles. The number of amides is 1. The van der Waals surface area contributed by atoms with Crippen LogP contribution in [0.2, 0.25) is 0 Å². The third kappa shape index (κ3) is 4.34. The molecule has 0 atom stereocenters. The van der Waals surface area contributed by atoms with Gasteiger partial charge in [-0.3, -0.25) is 4.79 Å². The molecule has 0 spiro atoms. The number of hydrogen-bond donors (Lipinski definition) is 2. The summed E-state index contributed by atoms with van der Waals surface area (Å²) in [6.45, 7) is 5.94. The molecule has 1 amide bonds. The molecule has 1 aliphatic rings. The number of nitriles is 1. The number of carbonyl (C=O) groups is 1. The van der Waals surface area contributed by atoms with Crippen LogP contribution in [0.15, 0.2) is 24.3 Å². The SMILES string of the molecule is N#Cc1cccc(C(=O)NCCCN2CCNCC2)c1. The average Bonchev–Trinajstić information content (AvgIpc) is 2.52. The molecule has 0 aromatic heterocycles. The van der Waals surface area contributed by atoms with Crippen molar-refractivity contribution in [1.29, 1.82) is 5.26 Å². The van der Waals surface area contributed by atoms with Gasteiger partial charge in [0.15, 0.2) is 0 Å². The van der Waals surface area contributed by atoms with Gasteiger partial charge in [-0.25, -0.2) is 0 Å². The normalized spacial score (nSPS) is 15.6. The predicted molar refractivity (Wildman–Crippen MR) is 77.4 cm³/mol. The van der Waals surface area contributed by atoms with Gasteiger partial charge in [-0.2, -0.15) is 5.26 Å². The largest absolute Gasteiger partial charge is 0.352 e. The first-order valence-corrected chi connectivity index (χ1v) is 7.01. The summed E-state index contributed by atoms with van der Waals surface area (Å²) in [5.41, 5.74) is 1.06. The number of carbonyl (C=O) groups excluding carboxylic acids is 1. The molecule has 0 unspecified atom stereocenters. The van der Waals surface area contributed by atoms with Crippen molar-refractivity contribution >= 4 is 5.91 Å². The fourth-order valence-electron chi connectivity index (χ4n) is 2.27. The molecular weight excluding hydrogens is 252 g/mol. The summed E-state index contributed by atoms with van der Waals surface area (Å²) < 4.78 is 0. The Labute approximate surface area is 119 Å². The van der Waals surface area contributed by atoms with Gasteiger partial charge in [0, 0.05) is 38.3 Å². The van der Waals surface area contributed by atoms with E-state index in [1.54, 1.807) is 24.3 Å². The van der Waals surface area contributed by atoms with Crippen molar-refractivity contribution in [2.75, 3.05) is 39.3 Å². The summed E-state index contributed by atoms with van der Waals surface area (Å²) in [6, 6.07) is 8.81. The summed E-state index contributed by atoms with van der Waals surface area (Å²) in [5, 5.41) is 15.0. The lowest BCUT2D eigenvalue weighted by atomic mass is 10.1. The summed E-state index contributed by atoms with van der Waals surface area (Å²) in [6.07, 6.45) is 0.948. The molecule has 5 heteroatoms. The first-order chi connectivity index (χ1) is 9.79. The zero-order chi connectivity index (χ0) is 14.2. The van der Waals surface area contributed by atoms with Crippen LogP contribution >= 0.6 is 0 Å². The Kier molecular flexibility index (Phi) is 5.54. The molecule has 1 heterocycles. The number of piperazine rings is 1. The number of nitrogens with zero attached hydrogens (tertiary/aromatic N) is 2. The van der Waals surface area contributed by atoms with Crippen LogP contribution in [0.4, 0.5) is 0 Å². The molecule has 0 radical (unpaired) electrons. The topological polar surface area (TPSA) is 68.2 Å². The molecule has 1 saturated heterocycles. The molecule has 2 N–H and O–H groups in total. The maximum atomic E-state index is 11.9. The van der Waals surface area contributed by atoms with Crippen LogP contribution in [-0.4, -0.2) is 50.1 Å². The van der Waals surface area contributed by atoms with Gasteiger partial charge in [0.1, 0.15) is 0 Å². The highest BCUT2D eigenvalue weighted by Gasteiger charge is 2.09. The maximum Gasteiger partial charge on any atom is 0.251 e. The van der Waals surface area contributed by atoms with E-state index in [9.17, 15) is 4.79 Å². The highest BCUT2D eigenvalue weighted by molar-refractivity contribution is 5.94. The smallest absolute Gasteiger partial charge is 0.251 e. The van der Waals surface area contributed by atoms with Crippen molar-refractivity contribution in [1.82, 2.24) is 15.5 Å². The Morgan fingerprint density at radius 1 is 1.40 bits per heavy atom. The van der Waals surface area contributed by atoms with Crippen LogP contribution in [0, 0.1) is 11.3 Å². The van der Waals surface area contributed by atoms with Crippen molar-refractivity contribution in [3.05, 3.63) is 35.4 Å². The van der Waals surface area contributed by atoms with Gasteiger partial charge in [-0.15, -0.1) is 0 Å². The van der Waals surface area contributed by atoms with E-state index in [1.807, 2.05) is 6.07 Å². The van der Waals surface area contributed by atoms with E-state index in [0.717, 1.165) is 39.1 Å². The monoisotopic (exact) mass is 272 g/mol. The van der Waals surface area contributed by atoms with E-state index >= 15 is 0 Å². The molecule has 0 bridgehead atoms. The first-order valence-electron chi connectivity index (χ1n) is 7.01. The second kappa shape index (κ2) is 7.63. The van der Waals surface area contributed by atoms with Crippen LogP contribution in [0.1, 0.15) is 22.3 Å². The van der Waals surface area contributed by atoms with Crippen molar-refractivity contribution in [3.8, 4) is 6.07 Å². The van der Waals surface area contributed by atoms with E-state index in [1.165, 1.54) is 0 Å². The molecule has 106 valence electrons. The van der Waals surface area contributed by atoms with Crippen molar-refractivity contribution in [2.45, 2.75) is 6.42 Å². The molecule has 1 aromatic rings. The van der Waals surface area contributed by atoms with E-state index in [-0.39, 0.29) is 5.91 Å². The van der Waals surface area contributed by atoms with Crippen LogP contribution in [0.3, 0.4) is 0 Å². The minimum absolute atomic E-state index is 0.109. The van der Waals surface area contributed by atoms with Crippen LogP contribution < -0.4 is 10.6 Å². The molecular formula is C15H20N4O. The third-order valence-electron chi connectivity index (χ3n) is 3.40. The fraction of sp³-hybridized carbons (Fsp3) is 0.467. The van der Waals surface area contributed by atoms with Crippen LogP contribution in [0.5, 0.6) is 0 Å². The summed E-state index contributed by atoms with van der Waals surface area (Å²) >= 11 is 0. The summed E-state index contributed by atoms with van der Waals surface area (Å²) in [4.78, 5) is 14.3. The predicted octanol–water partition coefficient (Wildman–Crippen LogP) is 0.583. The van der Waals surface area contributed by atoms with Crippen molar-refractivity contribution in [2.24, 2.45) is 0 Å². The first kappa shape index (κ1) is 14.5. The quantitative estimate of drug-likeness (QED) is 0.770. The standard InChI is InChI=1S/C15H20N4O/c16-12-13-3-1-4-14(11-13)15(20)18-5-2-8-19-9-6-17-7-10-19/h1,3-4,11,17H,2,5-10H2,(H,18,20). The Bertz CT molecular complexity index is 489. The molecule has 1 aliphatic heterocycles. The van der Waals surface area contributed by atoms with Crippen LogP contribution in [0.25, 0.3) is 0 Å². The molecule has 5 nitrogen and oxygen atoms in total. The fourth-order valence-corrected chi connectivity index (χ4v) is 2.27. The maximum absolute atomic E-state index is 11.9. The minimum Gasteiger partial charge on any atom is -0.352 e. The lowest BCUT2D eigenvalue weighted by molar-refractivity contribution is 0.0951. The van der Waals surface area contributed by atoms with Gasteiger partial charge in [0.2, 0.25) is 0 Å². The number of hydrogen-bond acceptors (Lipinski definition) is 4. The van der Waals surface area contributed by atoms with Gasteiger partial charge in [0.05, 0.1) is 11.6 Å². The van der Waals surface area contributed by atoms with E-state index in [2.05, 4.69) is 15.5 Å². The third-order valence-corrected chi connectivity index (χ3v) is 3.40. The van der Waals surface area contributed by atoms with Gasteiger partial charge < -0.3 is 15.5 Å². The van der Waals surface area contributed by atoms with Gasteiger partial charge in [-0.05, 0) is 31.2 Å². The lowest BCUT2D eigenvalue weighted by Gasteiger charge is -2.27. The second-order valence-electron chi connectivity index (χ2n) is 4.89. The van der Waals surface area contributed by atoms with Gasteiger partial charge >= 0.3 is 0 Å². The van der Waals surface area contributed by atoms with Crippen molar-refractivity contribution in [3.63, 3.8) is 0 Å². The Morgan fingerprint density at radius 3 is 2.95 bits per heavy atom. The van der Waals surface area contributed by atoms with Crippen LogP contribution in [-0.2, 0) is 0 Å². The summed E-state index contributed by atoms with van der Waals surface area (Å²) in [7, 11) is 0. The van der Waals surface area contributed by atoms with Crippen molar-refractivity contribution < 1.29 is 4.79 Å². The average molecular weight is 272 g/mol. The molecule has 2 rings (SSSR count). The second-order valence-corrected chi connectivity index (χ2v) is 4.89. The molecule has 0 saturated carbocycles. The van der Waals surface area contributed by atoms with E-state index < -0.39 is 0 Å². The minimum atomic E-state index is -0.109. The van der Waals surface area contributed by atoms with Gasteiger partial charge in [0.25, 0.3) is 5.91 Å². The number of nitrogens with one attached hydrogen (secondary N) is 2. The highest BCUT2D eigenvalue weighted by Crippen LogP contribution is 2.04. The Balaban J connectivity index is 1.70. The van der Waals surface area contributed by atoms with E-state index in [4.69, 9.17) is 5.26 Å². The zero-order valence-electron chi connectivity index (χ0n) is 11.6.